The van der Waals surface area contributed by atoms with E-state index in [0.717, 1.165) is 44.5 Å². The van der Waals surface area contributed by atoms with E-state index < -0.39 is 23.1 Å². The lowest BCUT2D eigenvalue weighted by Crippen LogP contribution is -2.40. The van der Waals surface area contributed by atoms with Crippen LogP contribution in [0.25, 0.3) is 0 Å². The lowest BCUT2D eigenvalue weighted by atomic mass is 10.1. The molecule has 1 aromatic rings. The third kappa shape index (κ3) is 2.97. The molecule has 2 saturated heterocycles. The maximum Gasteiger partial charge on any atom is 0.259 e. The zero-order valence-electron chi connectivity index (χ0n) is 11.6. The molecule has 2 fully saturated rings. The van der Waals surface area contributed by atoms with Crippen LogP contribution in [0, 0.1) is 11.6 Å². The average Bonchev–Trinajstić information content (AvgIpc) is 2.74. The number of hydrogen-bond donors (Lipinski definition) is 0. The molecule has 0 aliphatic carbocycles. The first kappa shape index (κ1) is 14.9. The second-order valence-electron chi connectivity index (χ2n) is 5.68. The number of rotatable bonds is 1. The highest BCUT2D eigenvalue weighted by Crippen LogP contribution is 2.25. The normalized spacial score (nSPS) is 23.0. The molecule has 114 valence electrons. The third-order valence-electron chi connectivity index (χ3n) is 4.31. The molecule has 2 aliphatic rings. The average molecular weight is 359 g/mol. The van der Waals surface area contributed by atoms with Crippen molar-refractivity contribution in [3.05, 3.63) is 33.8 Å². The zero-order chi connectivity index (χ0) is 15.0. The molecular weight excluding hydrogens is 342 g/mol. The molecule has 0 aromatic heterocycles. The first-order valence-electron chi connectivity index (χ1n) is 7.24. The van der Waals surface area contributed by atoms with Crippen molar-refractivity contribution in [2.75, 3.05) is 26.2 Å². The molecule has 1 atom stereocenters. The molecule has 0 spiro atoms. The van der Waals surface area contributed by atoms with Gasteiger partial charge in [0.15, 0.2) is 0 Å². The van der Waals surface area contributed by atoms with Gasteiger partial charge in [0.2, 0.25) is 0 Å². The van der Waals surface area contributed by atoms with Gasteiger partial charge in [0.05, 0.1) is 0 Å². The highest BCUT2D eigenvalue weighted by atomic mass is 79.9. The fraction of sp³-hybridized carbons (Fsp3) is 0.533. The predicted molar refractivity (Wildman–Crippen MR) is 79.2 cm³/mol. The van der Waals surface area contributed by atoms with Gasteiger partial charge in [-0.25, -0.2) is 8.78 Å². The fourth-order valence-electron chi connectivity index (χ4n) is 3.30. The van der Waals surface area contributed by atoms with Crippen molar-refractivity contribution in [1.82, 2.24) is 9.80 Å². The van der Waals surface area contributed by atoms with Gasteiger partial charge in [-0.1, -0.05) is 15.9 Å². The van der Waals surface area contributed by atoms with Crippen LogP contribution in [0.2, 0.25) is 0 Å². The van der Waals surface area contributed by atoms with Gasteiger partial charge in [-0.2, -0.15) is 0 Å². The van der Waals surface area contributed by atoms with Crippen LogP contribution in [0.1, 0.15) is 29.6 Å². The molecule has 3 nitrogen and oxygen atoms in total. The number of nitrogens with zero attached hydrogens (tertiary/aromatic N) is 2. The van der Waals surface area contributed by atoms with Gasteiger partial charge >= 0.3 is 0 Å². The van der Waals surface area contributed by atoms with Crippen LogP contribution in [0.5, 0.6) is 0 Å². The highest BCUT2D eigenvalue weighted by molar-refractivity contribution is 9.10. The van der Waals surface area contributed by atoms with Crippen molar-refractivity contribution in [2.24, 2.45) is 0 Å². The minimum atomic E-state index is -0.806. The van der Waals surface area contributed by atoms with Gasteiger partial charge in [-0.05, 0) is 37.9 Å². The van der Waals surface area contributed by atoms with Gasteiger partial charge in [-0.15, -0.1) is 0 Å². The Bertz CT molecular complexity index is 544. The van der Waals surface area contributed by atoms with Crippen LogP contribution in [-0.4, -0.2) is 47.9 Å². The van der Waals surface area contributed by atoms with E-state index in [9.17, 15) is 13.6 Å². The Morgan fingerprint density at radius 2 is 1.81 bits per heavy atom. The van der Waals surface area contributed by atoms with E-state index in [1.54, 1.807) is 4.90 Å². The first-order chi connectivity index (χ1) is 10.1. The van der Waals surface area contributed by atoms with Crippen LogP contribution >= 0.6 is 15.9 Å². The van der Waals surface area contributed by atoms with Crippen LogP contribution in [0.15, 0.2) is 16.6 Å². The Balaban J connectivity index is 1.84. The standard InChI is InChI=1S/C15H17BrF2N2O/c16-10-7-12(17)14(13(18)8-10)15(21)20-6-2-5-19-4-1-3-11(19)9-20/h7-8,11H,1-6,9H2. The Morgan fingerprint density at radius 3 is 2.52 bits per heavy atom. The largest absolute Gasteiger partial charge is 0.337 e. The molecule has 0 bridgehead atoms. The van der Waals surface area contributed by atoms with Crippen LogP contribution in [-0.2, 0) is 0 Å². The summed E-state index contributed by atoms with van der Waals surface area (Å²) < 4.78 is 28.2. The molecular formula is C15H17BrF2N2O. The van der Waals surface area contributed by atoms with Crippen molar-refractivity contribution in [1.29, 1.82) is 0 Å². The van der Waals surface area contributed by atoms with Crippen molar-refractivity contribution in [2.45, 2.75) is 25.3 Å². The minimum Gasteiger partial charge on any atom is -0.337 e. The molecule has 0 N–H and O–H groups in total. The molecule has 2 aliphatic heterocycles. The number of amides is 1. The van der Waals surface area contributed by atoms with E-state index in [0.29, 0.717) is 23.6 Å². The Labute approximate surface area is 131 Å². The number of fused-ring (bicyclic) bond motifs is 1. The van der Waals surface area contributed by atoms with Gasteiger partial charge in [0, 0.05) is 30.1 Å². The van der Waals surface area contributed by atoms with E-state index in [1.807, 2.05) is 0 Å². The monoisotopic (exact) mass is 358 g/mol. The summed E-state index contributed by atoms with van der Waals surface area (Å²) in [5.41, 5.74) is -0.440. The Morgan fingerprint density at radius 1 is 1.14 bits per heavy atom. The number of benzene rings is 1. The summed E-state index contributed by atoms with van der Waals surface area (Å²) in [5, 5.41) is 0. The summed E-state index contributed by atoms with van der Waals surface area (Å²) in [6.07, 6.45) is 3.03. The van der Waals surface area contributed by atoms with Gasteiger partial charge in [0.25, 0.3) is 5.91 Å². The lowest BCUT2D eigenvalue weighted by Gasteiger charge is -2.26. The summed E-state index contributed by atoms with van der Waals surface area (Å²) in [5.74, 6) is -2.15. The fourth-order valence-corrected chi connectivity index (χ4v) is 3.70. The second-order valence-corrected chi connectivity index (χ2v) is 6.60. The molecule has 3 rings (SSSR count). The number of carbonyl (C=O) groups excluding carboxylic acids is 1. The summed E-state index contributed by atoms with van der Waals surface area (Å²) in [7, 11) is 0. The van der Waals surface area contributed by atoms with Crippen LogP contribution < -0.4 is 0 Å². The van der Waals surface area contributed by atoms with Crippen molar-refractivity contribution in [3.63, 3.8) is 0 Å². The quantitative estimate of drug-likeness (QED) is 0.770. The number of hydrogen-bond acceptors (Lipinski definition) is 2. The summed E-state index contributed by atoms with van der Waals surface area (Å²) in [6.45, 7) is 3.14. The van der Waals surface area contributed by atoms with E-state index in [1.165, 1.54) is 0 Å². The molecule has 0 radical (unpaired) electrons. The second kappa shape index (κ2) is 6.01. The Kier molecular flexibility index (Phi) is 4.26. The van der Waals surface area contributed by atoms with E-state index in [-0.39, 0.29) is 0 Å². The van der Waals surface area contributed by atoms with E-state index >= 15 is 0 Å². The third-order valence-corrected chi connectivity index (χ3v) is 4.77. The summed E-state index contributed by atoms with van der Waals surface area (Å²) in [6, 6.07) is 2.60. The minimum absolute atomic E-state index is 0.298. The maximum atomic E-state index is 14.0. The van der Waals surface area contributed by atoms with Crippen molar-refractivity contribution < 1.29 is 13.6 Å². The first-order valence-corrected chi connectivity index (χ1v) is 8.03. The lowest BCUT2D eigenvalue weighted by molar-refractivity contribution is 0.0733. The highest BCUT2D eigenvalue weighted by Gasteiger charge is 2.32. The van der Waals surface area contributed by atoms with Crippen LogP contribution in [0.3, 0.4) is 0 Å². The van der Waals surface area contributed by atoms with Gasteiger partial charge < -0.3 is 4.90 Å². The smallest absolute Gasteiger partial charge is 0.259 e. The topological polar surface area (TPSA) is 23.6 Å². The number of carbonyl (C=O) groups is 1. The SMILES string of the molecule is O=C(c1c(F)cc(Br)cc1F)N1CCCN2CCCC2C1. The maximum absolute atomic E-state index is 14.0. The molecule has 6 heteroatoms. The molecule has 1 amide bonds. The Hall–Kier alpha value is -1.01. The van der Waals surface area contributed by atoms with Crippen molar-refractivity contribution in [3.8, 4) is 0 Å². The predicted octanol–water partition coefficient (Wildman–Crippen LogP) is 3.04. The van der Waals surface area contributed by atoms with E-state index in [2.05, 4.69) is 20.8 Å². The molecule has 21 heavy (non-hydrogen) atoms. The summed E-state index contributed by atoms with van der Waals surface area (Å²) in [4.78, 5) is 16.5. The molecule has 2 heterocycles. The van der Waals surface area contributed by atoms with Gasteiger partial charge in [0.1, 0.15) is 17.2 Å². The van der Waals surface area contributed by atoms with Crippen molar-refractivity contribution >= 4 is 21.8 Å². The molecule has 1 aromatic carbocycles. The molecule has 0 saturated carbocycles. The van der Waals surface area contributed by atoms with E-state index in [4.69, 9.17) is 0 Å². The summed E-state index contributed by atoms with van der Waals surface area (Å²) >= 11 is 3.03. The van der Waals surface area contributed by atoms with Gasteiger partial charge in [-0.3, -0.25) is 9.69 Å². The van der Waals surface area contributed by atoms with Crippen LogP contribution in [0.4, 0.5) is 8.78 Å². The number of halogens is 3. The zero-order valence-corrected chi connectivity index (χ0v) is 13.2. The molecule has 1 unspecified atom stereocenters.